The van der Waals surface area contributed by atoms with Gasteiger partial charge in [0.25, 0.3) is 0 Å². The lowest BCUT2D eigenvalue weighted by Gasteiger charge is -2.29. The van der Waals surface area contributed by atoms with Crippen LogP contribution >= 0.6 is 0 Å². The van der Waals surface area contributed by atoms with Crippen LogP contribution in [0.15, 0.2) is 36.4 Å². The Morgan fingerprint density at radius 2 is 1.92 bits per heavy atom. The third-order valence-corrected chi connectivity index (χ3v) is 5.31. The minimum atomic E-state index is -1.04. The molecule has 0 amide bonds. The van der Waals surface area contributed by atoms with Crippen molar-refractivity contribution in [2.45, 2.75) is 44.4 Å². The predicted octanol–water partition coefficient (Wildman–Crippen LogP) is 5.13. The number of carboxylic acids is 1. The molecule has 4 heteroatoms. The van der Waals surface area contributed by atoms with Gasteiger partial charge in [0.05, 0.1) is 12.5 Å². The molecule has 1 N–H and O–H groups in total. The van der Waals surface area contributed by atoms with E-state index in [0.717, 1.165) is 36.0 Å². The second-order valence-electron chi connectivity index (χ2n) is 7.17. The molecule has 25 heavy (non-hydrogen) atoms. The van der Waals surface area contributed by atoms with Gasteiger partial charge in [0.2, 0.25) is 0 Å². The maximum atomic E-state index is 14.6. The van der Waals surface area contributed by atoms with Gasteiger partial charge in [0.15, 0.2) is 0 Å². The minimum absolute atomic E-state index is 0.202. The van der Waals surface area contributed by atoms with Crippen molar-refractivity contribution in [3.05, 3.63) is 53.3 Å². The van der Waals surface area contributed by atoms with E-state index in [-0.39, 0.29) is 11.7 Å². The summed E-state index contributed by atoms with van der Waals surface area (Å²) in [5, 5.41) is 9.53. The molecule has 132 valence electrons. The van der Waals surface area contributed by atoms with E-state index in [0.29, 0.717) is 11.3 Å². The molecule has 0 bridgehead atoms. The van der Waals surface area contributed by atoms with Gasteiger partial charge in [-0.05, 0) is 67.5 Å². The van der Waals surface area contributed by atoms with Crippen molar-refractivity contribution in [3.63, 3.8) is 0 Å². The molecule has 0 aromatic heterocycles. The highest BCUT2D eigenvalue weighted by molar-refractivity contribution is 5.82. The Hall–Kier alpha value is -2.36. The van der Waals surface area contributed by atoms with E-state index in [1.807, 2.05) is 12.1 Å². The molecule has 0 saturated heterocycles. The lowest BCUT2D eigenvalue weighted by atomic mass is 9.76. The van der Waals surface area contributed by atoms with Crippen LogP contribution in [0, 0.1) is 5.82 Å². The Morgan fingerprint density at radius 1 is 1.20 bits per heavy atom. The number of carboxylic acid groups (broad SMARTS) is 1. The Bertz CT molecular complexity index is 807. The molecule has 3 nitrogen and oxygen atoms in total. The molecule has 0 unspecified atom stereocenters. The van der Waals surface area contributed by atoms with Crippen LogP contribution in [0.5, 0.6) is 5.75 Å². The van der Waals surface area contributed by atoms with E-state index in [1.165, 1.54) is 6.07 Å². The fourth-order valence-corrected chi connectivity index (χ4v) is 3.31. The zero-order valence-corrected chi connectivity index (χ0v) is 14.8. The minimum Gasteiger partial charge on any atom is -0.496 e. The maximum Gasteiger partial charge on any atom is 0.313 e. The smallest absolute Gasteiger partial charge is 0.313 e. The van der Waals surface area contributed by atoms with Crippen molar-refractivity contribution in [2.75, 3.05) is 7.11 Å². The Morgan fingerprint density at radius 3 is 2.48 bits per heavy atom. The highest BCUT2D eigenvalue weighted by Crippen LogP contribution is 2.45. The van der Waals surface area contributed by atoms with Crippen LogP contribution in [-0.4, -0.2) is 18.2 Å². The van der Waals surface area contributed by atoms with Gasteiger partial charge in [0, 0.05) is 5.56 Å². The molecule has 0 heterocycles. The molecular weight excluding hydrogens is 319 g/mol. The lowest BCUT2D eigenvalue weighted by molar-refractivity contribution is -0.142. The molecule has 0 radical (unpaired) electrons. The summed E-state index contributed by atoms with van der Waals surface area (Å²) >= 11 is 0. The number of aliphatic carboxylic acids is 1. The van der Waals surface area contributed by atoms with Crippen LogP contribution in [0.1, 0.15) is 50.2 Å². The highest BCUT2D eigenvalue weighted by atomic mass is 19.1. The van der Waals surface area contributed by atoms with Gasteiger partial charge in [-0.3, -0.25) is 4.79 Å². The summed E-state index contributed by atoms with van der Waals surface area (Å²) in [6, 6.07) is 10.4. The van der Waals surface area contributed by atoms with Gasteiger partial charge < -0.3 is 9.84 Å². The molecule has 0 aliphatic heterocycles. The first kappa shape index (κ1) is 17.5. The third-order valence-electron chi connectivity index (χ3n) is 5.31. The second kappa shape index (κ2) is 6.51. The number of hydrogen-bond donors (Lipinski definition) is 1. The number of halogens is 1. The van der Waals surface area contributed by atoms with Gasteiger partial charge in [-0.15, -0.1) is 0 Å². The van der Waals surface area contributed by atoms with E-state index in [4.69, 9.17) is 4.74 Å². The predicted molar refractivity (Wildman–Crippen MR) is 95.6 cm³/mol. The largest absolute Gasteiger partial charge is 0.496 e. The summed E-state index contributed by atoms with van der Waals surface area (Å²) in [7, 11) is 1.57. The van der Waals surface area contributed by atoms with E-state index in [2.05, 4.69) is 0 Å². The van der Waals surface area contributed by atoms with Gasteiger partial charge >= 0.3 is 5.97 Å². The molecule has 0 atom stereocenters. The normalized spacial score (nSPS) is 14.9. The average Bonchev–Trinajstić information content (AvgIpc) is 2.54. The molecule has 2 aromatic carbocycles. The van der Waals surface area contributed by atoms with Crippen LogP contribution in [-0.2, 0) is 10.2 Å². The quantitative estimate of drug-likeness (QED) is 0.819. The maximum absolute atomic E-state index is 14.6. The van der Waals surface area contributed by atoms with Crippen molar-refractivity contribution in [1.29, 1.82) is 0 Å². The van der Waals surface area contributed by atoms with Crippen LogP contribution in [0.4, 0.5) is 4.39 Å². The fraction of sp³-hybridized carbons (Fsp3) is 0.381. The van der Waals surface area contributed by atoms with Crippen molar-refractivity contribution < 1.29 is 19.0 Å². The van der Waals surface area contributed by atoms with E-state index in [9.17, 15) is 14.3 Å². The SMILES string of the molecule is COc1ccc(C(C)(C)C(=O)O)cc1-c1cccc(F)c1C1CCC1. The number of hydrogen-bond acceptors (Lipinski definition) is 2. The van der Waals surface area contributed by atoms with Crippen molar-refractivity contribution in [1.82, 2.24) is 0 Å². The molecule has 1 aliphatic rings. The van der Waals surface area contributed by atoms with Gasteiger partial charge in [0.1, 0.15) is 11.6 Å². The average molecular weight is 342 g/mol. The summed E-state index contributed by atoms with van der Waals surface area (Å²) in [5.74, 6) is -0.262. The summed E-state index contributed by atoms with van der Waals surface area (Å²) in [5.41, 5.74) is 1.89. The van der Waals surface area contributed by atoms with E-state index < -0.39 is 11.4 Å². The molecule has 2 aromatic rings. The van der Waals surface area contributed by atoms with Crippen LogP contribution in [0.3, 0.4) is 0 Å². The zero-order chi connectivity index (χ0) is 18.2. The van der Waals surface area contributed by atoms with Crippen LogP contribution in [0.2, 0.25) is 0 Å². The van der Waals surface area contributed by atoms with Gasteiger partial charge in [-0.2, -0.15) is 0 Å². The van der Waals surface area contributed by atoms with Crippen molar-refractivity contribution in [2.24, 2.45) is 0 Å². The number of rotatable bonds is 5. The fourth-order valence-electron chi connectivity index (χ4n) is 3.31. The van der Waals surface area contributed by atoms with Crippen molar-refractivity contribution >= 4 is 5.97 Å². The first-order chi connectivity index (χ1) is 11.9. The van der Waals surface area contributed by atoms with E-state index >= 15 is 0 Å². The zero-order valence-electron chi connectivity index (χ0n) is 14.8. The first-order valence-electron chi connectivity index (χ1n) is 8.57. The Balaban J connectivity index is 2.20. The second-order valence-corrected chi connectivity index (χ2v) is 7.17. The molecule has 0 spiro atoms. The van der Waals surface area contributed by atoms with E-state index in [1.54, 1.807) is 39.2 Å². The monoisotopic (exact) mass is 342 g/mol. The van der Waals surface area contributed by atoms with Gasteiger partial charge in [-0.25, -0.2) is 4.39 Å². The van der Waals surface area contributed by atoms with Crippen LogP contribution in [0.25, 0.3) is 11.1 Å². The van der Waals surface area contributed by atoms with Crippen molar-refractivity contribution in [3.8, 4) is 16.9 Å². The van der Waals surface area contributed by atoms with Crippen LogP contribution < -0.4 is 4.74 Å². The lowest BCUT2D eigenvalue weighted by Crippen LogP contribution is -2.28. The molecule has 1 saturated carbocycles. The topological polar surface area (TPSA) is 46.5 Å². The number of methoxy groups -OCH3 is 1. The summed E-state index contributed by atoms with van der Waals surface area (Å²) in [6.45, 7) is 3.33. The molecular formula is C21H23FO3. The summed E-state index contributed by atoms with van der Waals surface area (Å²) in [6.07, 6.45) is 3.08. The molecule has 1 aliphatic carbocycles. The Kier molecular flexibility index (Phi) is 4.55. The van der Waals surface area contributed by atoms with Gasteiger partial charge in [-0.1, -0.05) is 24.6 Å². The Labute approximate surface area is 147 Å². The molecule has 3 rings (SSSR count). The molecule has 1 fully saturated rings. The summed E-state index contributed by atoms with van der Waals surface area (Å²) in [4.78, 5) is 11.6. The number of benzene rings is 2. The summed E-state index contributed by atoms with van der Waals surface area (Å²) < 4.78 is 20.1. The standard InChI is InChI=1S/C21H23FO3/c1-21(2,20(23)24)14-10-11-18(25-3)16(12-14)15-8-5-9-17(22)19(15)13-6-4-7-13/h5,8-13H,4,6-7H2,1-3H3,(H,23,24). The number of ether oxygens (including phenoxy) is 1. The first-order valence-corrected chi connectivity index (χ1v) is 8.57. The number of carbonyl (C=O) groups is 1. The third kappa shape index (κ3) is 3.01. The highest BCUT2D eigenvalue weighted by Gasteiger charge is 2.31.